The Balaban J connectivity index is 1.89. The molecule has 0 bridgehead atoms. The van der Waals surface area contributed by atoms with Gasteiger partial charge in [-0.1, -0.05) is 32.9 Å². The molecule has 0 aliphatic heterocycles. The number of benzene rings is 1. The lowest BCUT2D eigenvalue weighted by atomic mass is 9.97. The number of anilines is 1. The number of ether oxygens (including phenoxy) is 1. The zero-order valence-electron chi connectivity index (χ0n) is 17.4. The number of carbonyl (C=O) groups is 1. The van der Waals surface area contributed by atoms with Gasteiger partial charge in [0.1, 0.15) is 5.65 Å². The third-order valence-electron chi connectivity index (χ3n) is 4.53. The topological polar surface area (TPSA) is 86.1 Å². The number of carbonyl (C=O) groups excluding carboxylic acids is 1. The number of hydrogen-bond donors (Lipinski definition) is 1. The standard InChI is InChI=1S/C22H26N4O3/c1-14(15-6-8-16(9-7-15)20(28)29-5)24-21-23-12-17-10-11-18(27)26(19(17)25-21)13-22(2,3)4/h6-12,14H,13H2,1-5H3,(H,23,24,25)/t14-/m0/s1. The number of nitrogens with one attached hydrogen (secondary N) is 1. The van der Waals surface area contributed by atoms with Crippen LogP contribution in [0.15, 0.2) is 47.4 Å². The molecule has 1 atom stereocenters. The predicted octanol–water partition coefficient (Wildman–Crippen LogP) is 3.80. The zero-order valence-corrected chi connectivity index (χ0v) is 17.4. The van der Waals surface area contributed by atoms with Crippen LogP contribution in [0.3, 0.4) is 0 Å². The van der Waals surface area contributed by atoms with Gasteiger partial charge in [0.15, 0.2) is 0 Å². The molecular formula is C22H26N4O3. The van der Waals surface area contributed by atoms with E-state index in [9.17, 15) is 9.59 Å². The van der Waals surface area contributed by atoms with Crippen LogP contribution < -0.4 is 10.9 Å². The van der Waals surface area contributed by atoms with Gasteiger partial charge in [0.05, 0.1) is 18.7 Å². The smallest absolute Gasteiger partial charge is 0.337 e. The first-order chi connectivity index (χ1) is 13.7. The van der Waals surface area contributed by atoms with Gasteiger partial charge < -0.3 is 10.1 Å². The molecule has 1 aromatic carbocycles. The van der Waals surface area contributed by atoms with E-state index in [0.717, 1.165) is 10.9 Å². The van der Waals surface area contributed by atoms with Gasteiger partial charge >= 0.3 is 5.97 Å². The third kappa shape index (κ3) is 4.80. The van der Waals surface area contributed by atoms with Crippen molar-refractivity contribution in [3.8, 4) is 0 Å². The molecule has 7 nitrogen and oxygen atoms in total. The van der Waals surface area contributed by atoms with Crippen molar-refractivity contribution in [3.05, 3.63) is 64.1 Å². The Morgan fingerprint density at radius 3 is 2.48 bits per heavy atom. The normalized spacial score (nSPS) is 12.6. The van der Waals surface area contributed by atoms with Gasteiger partial charge in [-0.15, -0.1) is 0 Å². The number of pyridine rings is 1. The highest BCUT2D eigenvalue weighted by Crippen LogP contribution is 2.21. The third-order valence-corrected chi connectivity index (χ3v) is 4.53. The van der Waals surface area contributed by atoms with Crippen molar-refractivity contribution in [3.63, 3.8) is 0 Å². The summed E-state index contributed by atoms with van der Waals surface area (Å²) in [7, 11) is 1.36. The zero-order chi connectivity index (χ0) is 21.2. The molecule has 2 heterocycles. The van der Waals surface area contributed by atoms with Gasteiger partial charge in [-0.3, -0.25) is 9.36 Å². The van der Waals surface area contributed by atoms with Gasteiger partial charge in [0.2, 0.25) is 5.95 Å². The summed E-state index contributed by atoms with van der Waals surface area (Å²) in [5, 5.41) is 4.08. The van der Waals surface area contributed by atoms with Gasteiger partial charge in [-0.05, 0) is 36.1 Å². The molecule has 152 valence electrons. The molecule has 0 aliphatic carbocycles. The first-order valence-electron chi connectivity index (χ1n) is 9.49. The van der Waals surface area contributed by atoms with Gasteiger partial charge in [-0.25, -0.2) is 9.78 Å². The predicted molar refractivity (Wildman–Crippen MR) is 113 cm³/mol. The lowest BCUT2D eigenvalue weighted by Gasteiger charge is -2.21. The van der Waals surface area contributed by atoms with E-state index in [1.54, 1.807) is 35.0 Å². The van der Waals surface area contributed by atoms with Crippen LogP contribution in [0.4, 0.5) is 5.95 Å². The van der Waals surface area contributed by atoms with Crippen LogP contribution in [0.5, 0.6) is 0 Å². The Kier molecular flexibility index (Phi) is 5.68. The van der Waals surface area contributed by atoms with Crippen molar-refractivity contribution in [1.82, 2.24) is 14.5 Å². The van der Waals surface area contributed by atoms with Crippen LogP contribution in [0.25, 0.3) is 11.0 Å². The Bertz CT molecular complexity index is 1080. The Morgan fingerprint density at radius 2 is 1.86 bits per heavy atom. The fourth-order valence-electron chi connectivity index (χ4n) is 3.07. The number of nitrogens with zero attached hydrogens (tertiary/aromatic N) is 3. The maximum Gasteiger partial charge on any atom is 0.337 e. The molecule has 3 aromatic rings. The molecule has 2 aromatic heterocycles. The van der Waals surface area contributed by atoms with Crippen molar-refractivity contribution in [2.24, 2.45) is 5.41 Å². The monoisotopic (exact) mass is 394 g/mol. The van der Waals surface area contributed by atoms with Gasteiger partial charge in [-0.2, -0.15) is 4.98 Å². The van der Waals surface area contributed by atoms with E-state index in [-0.39, 0.29) is 23.0 Å². The number of aromatic nitrogens is 3. The van der Waals surface area contributed by atoms with Crippen LogP contribution in [0.2, 0.25) is 0 Å². The molecule has 0 saturated carbocycles. The second-order valence-corrected chi connectivity index (χ2v) is 8.27. The second-order valence-electron chi connectivity index (χ2n) is 8.27. The number of hydrogen-bond acceptors (Lipinski definition) is 6. The average Bonchev–Trinajstić information content (AvgIpc) is 2.69. The van der Waals surface area contributed by atoms with Gasteiger partial charge in [0.25, 0.3) is 5.56 Å². The molecule has 0 amide bonds. The summed E-state index contributed by atoms with van der Waals surface area (Å²) in [6.45, 7) is 8.79. The highest BCUT2D eigenvalue weighted by molar-refractivity contribution is 5.89. The van der Waals surface area contributed by atoms with Crippen LogP contribution in [0, 0.1) is 5.41 Å². The maximum absolute atomic E-state index is 12.4. The highest BCUT2D eigenvalue weighted by atomic mass is 16.5. The maximum atomic E-state index is 12.4. The van der Waals surface area contributed by atoms with E-state index in [2.05, 4.69) is 36.1 Å². The van der Waals surface area contributed by atoms with E-state index < -0.39 is 0 Å². The minimum Gasteiger partial charge on any atom is -0.465 e. The number of rotatable bonds is 5. The summed E-state index contributed by atoms with van der Waals surface area (Å²) in [5.74, 6) is 0.0714. The molecule has 1 N–H and O–H groups in total. The summed E-state index contributed by atoms with van der Waals surface area (Å²) in [5.41, 5.74) is 1.94. The van der Waals surface area contributed by atoms with Crippen LogP contribution in [0.1, 0.15) is 49.7 Å². The first kappa shape index (κ1) is 20.5. The number of fused-ring (bicyclic) bond motifs is 1. The van der Waals surface area contributed by atoms with E-state index in [0.29, 0.717) is 23.7 Å². The van der Waals surface area contributed by atoms with Crippen molar-refractivity contribution < 1.29 is 9.53 Å². The molecule has 0 saturated heterocycles. The van der Waals surface area contributed by atoms with Gasteiger partial charge in [0, 0.05) is 24.2 Å². The molecule has 0 aliphatic rings. The van der Waals surface area contributed by atoms with Crippen molar-refractivity contribution in [2.75, 3.05) is 12.4 Å². The second kappa shape index (κ2) is 8.03. The lowest BCUT2D eigenvalue weighted by molar-refractivity contribution is 0.0600. The minimum atomic E-state index is -0.369. The number of methoxy groups -OCH3 is 1. The average molecular weight is 394 g/mol. The summed E-state index contributed by atoms with van der Waals surface area (Å²) in [4.78, 5) is 33.0. The Morgan fingerprint density at radius 1 is 1.17 bits per heavy atom. The highest BCUT2D eigenvalue weighted by Gasteiger charge is 2.16. The fraction of sp³-hybridized carbons (Fsp3) is 0.364. The SMILES string of the molecule is COC(=O)c1ccc([C@H](C)Nc2ncc3ccc(=O)n(CC(C)(C)C)c3n2)cc1. The van der Waals surface area contributed by atoms with Crippen LogP contribution in [-0.4, -0.2) is 27.6 Å². The van der Waals surface area contributed by atoms with Crippen molar-refractivity contribution in [1.29, 1.82) is 0 Å². The molecule has 7 heteroatoms. The van der Waals surface area contributed by atoms with E-state index in [1.807, 2.05) is 19.1 Å². The fourth-order valence-corrected chi connectivity index (χ4v) is 3.07. The van der Waals surface area contributed by atoms with Crippen molar-refractivity contribution in [2.45, 2.75) is 40.3 Å². The molecule has 0 unspecified atom stereocenters. The quantitative estimate of drug-likeness (QED) is 0.663. The summed E-state index contributed by atoms with van der Waals surface area (Å²) >= 11 is 0. The van der Waals surface area contributed by atoms with Crippen LogP contribution in [-0.2, 0) is 11.3 Å². The van der Waals surface area contributed by atoms with Crippen molar-refractivity contribution >= 4 is 23.0 Å². The van der Waals surface area contributed by atoms with E-state index >= 15 is 0 Å². The summed E-state index contributed by atoms with van der Waals surface area (Å²) < 4.78 is 6.42. The molecule has 3 rings (SSSR count). The molecule has 0 spiro atoms. The lowest BCUT2D eigenvalue weighted by Crippen LogP contribution is -2.27. The minimum absolute atomic E-state index is 0.0642. The molecular weight excluding hydrogens is 368 g/mol. The molecule has 29 heavy (non-hydrogen) atoms. The Labute approximate surface area is 169 Å². The summed E-state index contributed by atoms with van der Waals surface area (Å²) in [6, 6.07) is 10.4. The first-order valence-corrected chi connectivity index (χ1v) is 9.49. The van der Waals surface area contributed by atoms with E-state index in [1.165, 1.54) is 7.11 Å². The molecule has 0 radical (unpaired) electrons. The Hall–Kier alpha value is -3.22. The van der Waals surface area contributed by atoms with E-state index in [4.69, 9.17) is 4.74 Å². The molecule has 0 fully saturated rings. The number of esters is 1. The largest absolute Gasteiger partial charge is 0.465 e. The van der Waals surface area contributed by atoms with Crippen LogP contribution >= 0.6 is 0 Å². The summed E-state index contributed by atoms with van der Waals surface area (Å²) in [6.07, 6.45) is 1.72.